The number of hydrogen-bond donors (Lipinski definition) is 0. The van der Waals surface area contributed by atoms with Crippen LogP contribution in [0.5, 0.6) is 0 Å². The van der Waals surface area contributed by atoms with Crippen LogP contribution in [-0.4, -0.2) is 21.1 Å². The minimum atomic E-state index is -0.846. The Labute approximate surface area is 187 Å². The Morgan fingerprint density at radius 1 is 0.844 bits per heavy atom. The highest BCUT2D eigenvalue weighted by atomic mass is 19.2. The van der Waals surface area contributed by atoms with Gasteiger partial charge in [0.15, 0.2) is 17.9 Å². The van der Waals surface area contributed by atoms with Gasteiger partial charge >= 0.3 is 0 Å². The third kappa shape index (κ3) is 4.62. The van der Waals surface area contributed by atoms with Crippen LogP contribution in [0.3, 0.4) is 0 Å². The summed E-state index contributed by atoms with van der Waals surface area (Å²) in [7, 11) is 1.78. The lowest BCUT2D eigenvalue weighted by atomic mass is 9.93. The molecule has 3 aromatic rings. The first-order valence-corrected chi connectivity index (χ1v) is 11.1. The predicted molar refractivity (Wildman–Crippen MR) is 122 cm³/mol. The number of rotatable bonds is 6. The minimum absolute atomic E-state index is 0.209. The van der Waals surface area contributed by atoms with Gasteiger partial charge in [-0.15, -0.1) is 0 Å². The zero-order valence-corrected chi connectivity index (χ0v) is 18.3. The molecule has 0 atom stereocenters. The van der Waals surface area contributed by atoms with Crippen molar-refractivity contribution in [2.75, 3.05) is 13.2 Å². The van der Waals surface area contributed by atoms with Crippen LogP contribution in [0.4, 0.5) is 13.2 Å². The molecule has 0 bridgehead atoms. The van der Waals surface area contributed by atoms with Crippen molar-refractivity contribution in [2.24, 2.45) is 5.92 Å². The van der Waals surface area contributed by atoms with Gasteiger partial charge in [-0.3, -0.25) is 0 Å². The Hall–Kier alpha value is -2.57. The van der Waals surface area contributed by atoms with E-state index in [1.54, 1.807) is 50.3 Å². The smallest absolute Gasteiger partial charge is 0.186 e. The fourth-order valence-corrected chi connectivity index (χ4v) is 4.12. The van der Waals surface area contributed by atoms with E-state index in [0.717, 1.165) is 18.4 Å². The van der Waals surface area contributed by atoms with Gasteiger partial charge in [-0.25, -0.2) is 13.2 Å². The van der Waals surface area contributed by atoms with Crippen LogP contribution in [0, 0.1) is 23.4 Å². The van der Waals surface area contributed by atoms with Crippen molar-refractivity contribution in [1.29, 1.82) is 0 Å². The first-order valence-electron chi connectivity index (χ1n) is 11.1. The van der Waals surface area contributed by atoms with Crippen molar-refractivity contribution in [1.82, 2.24) is 0 Å². The Morgan fingerprint density at radius 3 is 2.12 bits per heavy atom. The van der Waals surface area contributed by atoms with Gasteiger partial charge in [0.2, 0.25) is 0 Å². The molecule has 1 fully saturated rings. The standard InChI is InChI=1S/C26H26BF3O2/c1-2-3-16-14-31-26(32-15-16)22-11-8-19(12-23(22)28)17-4-6-18(7-5-17)21-10-9-20(13-27)24(29)25(21)30/h4-12,16,26H,2-3,13-15,27H2,1H3. The van der Waals surface area contributed by atoms with Gasteiger partial charge in [0.25, 0.3) is 0 Å². The highest BCUT2D eigenvalue weighted by Crippen LogP contribution is 2.32. The zero-order chi connectivity index (χ0) is 22.7. The zero-order valence-electron chi connectivity index (χ0n) is 18.3. The quantitative estimate of drug-likeness (QED) is 0.438. The fraction of sp³-hybridized carbons (Fsp3) is 0.308. The van der Waals surface area contributed by atoms with E-state index in [9.17, 15) is 13.2 Å². The van der Waals surface area contributed by atoms with Crippen molar-refractivity contribution in [2.45, 2.75) is 32.4 Å². The number of ether oxygens (including phenoxy) is 2. The maximum Gasteiger partial charge on any atom is 0.186 e. The van der Waals surface area contributed by atoms with Gasteiger partial charge in [-0.1, -0.05) is 68.2 Å². The summed E-state index contributed by atoms with van der Waals surface area (Å²) in [6.45, 7) is 3.25. The molecule has 0 radical (unpaired) electrons. The molecule has 1 aliphatic heterocycles. The van der Waals surface area contributed by atoms with Crippen LogP contribution in [0.2, 0.25) is 0 Å². The Morgan fingerprint density at radius 2 is 1.50 bits per heavy atom. The second-order valence-electron chi connectivity index (χ2n) is 8.22. The normalized spacial score (nSPS) is 18.6. The molecule has 0 aliphatic carbocycles. The van der Waals surface area contributed by atoms with Crippen molar-refractivity contribution in [3.63, 3.8) is 0 Å². The molecule has 1 heterocycles. The average Bonchev–Trinajstić information content (AvgIpc) is 2.82. The summed E-state index contributed by atoms with van der Waals surface area (Å²) in [6.07, 6.45) is 1.84. The molecule has 0 amide bonds. The van der Waals surface area contributed by atoms with Crippen LogP contribution in [0.25, 0.3) is 22.3 Å². The van der Waals surface area contributed by atoms with Crippen LogP contribution >= 0.6 is 0 Å². The van der Waals surface area contributed by atoms with Gasteiger partial charge in [-0.05, 0) is 34.7 Å². The van der Waals surface area contributed by atoms with E-state index in [0.29, 0.717) is 47.7 Å². The molecule has 0 saturated carbocycles. The molecule has 1 saturated heterocycles. The summed E-state index contributed by atoms with van der Waals surface area (Å²) < 4.78 is 54.9. The Kier molecular flexibility index (Phi) is 7.02. The van der Waals surface area contributed by atoms with Gasteiger partial charge in [0.05, 0.1) is 13.2 Å². The van der Waals surface area contributed by atoms with Crippen molar-refractivity contribution >= 4 is 7.85 Å². The molecule has 0 N–H and O–H groups in total. The molecule has 0 spiro atoms. The second-order valence-corrected chi connectivity index (χ2v) is 8.22. The molecule has 3 aromatic carbocycles. The molecular weight excluding hydrogens is 412 g/mol. The topological polar surface area (TPSA) is 18.5 Å². The molecule has 0 aromatic heterocycles. The molecule has 6 heteroatoms. The monoisotopic (exact) mass is 438 g/mol. The summed E-state index contributed by atoms with van der Waals surface area (Å²) in [5.41, 5.74) is 2.97. The van der Waals surface area contributed by atoms with Crippen molar-refractivity contribution < 1.29 is 22.6 Å². The SMILES string of the molecule is BCc1ccc(-c2ccc(-c3ccc(C4OCC(CCC)CO4)c(F)c3)cc2)c(F)c1F. The maximum atomic E-state index is 14.8. The number of halogens is 3. The van der Waals surface area contributed by atoms with Crippen LogP contribution in [0.15, 0.2) is 54.6 Å². The summed E-state index contributed by atoms with van der Waals surface area (Å²) in [6, 6.07) is 15.1. The van der Waals surface area contributed by atoms with E-state index in [1.807, 2.05) is 6.07 Å². The van der Waals surface area contributed by atoms with E-state index in [2.05, 4.69) is 6.92 Å². The van der Waals surface area contributed by atoms with Crippen LogP contribution in [0.1, 0.15) is 37.2 Å². The molecule has 2 nitrogen and oxygen atoms in total. The fourth-order valence-electron chi connectivity index (χ4n) is 4.12. The van der Waals surface area contributed by atoms with Gasteiger partial charge in [-0.2, -0.15) is 0 Å². The third-order valence-corrected chi connectivity index (χ3v) is 5.99. The minimum Gasteiger partial charge on any atom is -0.348 e. The molecule has 4 rings (SSSR count). The summed E-state index contributed by atoms with van der Waals surface area (Å²) in [4.78, 5) is 0. The highest BCUT2D eigenvalue weighted by molar-refractivity contribution is 6.08. The summed E-state index contributed by atoms with van der Waals surface area (Å²) in [5, 5.41) is 0. The lowest BCUT2D eigenvalue weighted by Gasteiger charge is -2.29. The first-order chi connectivity index (χ1) is 15.5. The average molecular weight is 438 g/mol. The largest absolute Gasteiger partial charge is 0.348 e. The molecular formula is C26H26BF3O2. The molecule has 1 aliphatic rings. The van der Waals surface area contributed by atoms with E-state index < -0.39 is 23.7 Å². The Balaban J connectivity index is 1.52. The molecule has 32 heavy (non-hydrogen) atoms. The van der Waals surface area contributed by atoms with Crippen LogP contribution < -0.4 is 0 Å². The molecule has 166 valence electrons. The van der Waals surface area contributed by atoms with Crippen molar-refractivity contribution in [3.05, 3.63) is 83.2 Å². The number of hydrogen-bond acceptors (Lipinski definition) is 2. The highest BCUT2D eigenvalue weighted by Gasteiger charge is 2.25. The Bertz CT molecular complexity index is 1080. The van der Waals surface area contributed by atoms with Gasteiger partial charge in [0.1, 0.15) is 13.7 Å². The van der Waals surface area contributed by atoms with Crippen molar-refractivity contribution in [3.8, 4) is 22.3 Å². The summed E-state index contributed by atoms with van der Waals surface area (Å²) >= 11 is 0. The van der Waals surface area contributed by atoms with E-state index in [1.165, 1.54) is 6.07 Å². The van der Waals surface area contributed by atoms with E-state index in [-0.39, 0.29) is 5.56 Å². The lowest BCUT2D eigenvalue weighted by molar-refractivity contribution is -0.207. The summed E-state index contributed by atoms with van der Waals surface area (Å²) in [5.74, 6) is -1.69. The molecule has 0 unspecified atom stereocenters. The number of benzene rings is 3. The van der Waals surface area contributed by atoms with E-state index in [4.69, 9.17) is 9.47 Å². The maximum absolute atomic E-state index is 14.8. The first kappa shape index (κ1) is 22.6. The lowest BCUT2D eigenvalue weighted by Crippen LogP contribution is -2.27. The van der Waals surface area contributed by atoms with Gasteiger partial charge in [0, 0.05) is 17.0 Å². The van der Waals surface area contributed by atoms with Crippen LogP contribution in [-0.2, 0) is 15.8 Å². The second kappa shape index (κ2) is 9.93. The predicted octanol–water partition coefficient (Wildman–Crippen LogP) is 6.03. The third-order valence-electron chi connectivity index (χ3n) is 5.99. The van der Waals surface area contributed by atoms with E-state index >= 15 is 0 Å². The van der Waals surface area contributed by atoms with Gasteiger partial charge < -0.3 is 9.47 Å².